The lowest BCUT2D eigenvalue weighted by molar-refractivity contribution is -0.144. The van der Waals surface area contributed by atoms with Gasteiger partial charge in [0, 0.05) is 17.8 Å². The van der Waals surface area contributed by atoms with E-state index in [9.17, 15) is 9.59 Å². The standard InChI is InChI=1S/C21H34N4O4.HI/c1-14(2)29-17-10-8-16(9-11-17)24-20(22-12-15(3)19(27)28-7)23-13-18(26)25-21(4,5)6;/h8-11,14-15H,12-13H2,1-7H3,(H,25,26)(H2,22,23,24);1H. The number of nitrogens with one attached hydrogen (secondary N) is 3. The molecule has 30 heavy (non-hydrogen) atoms. The Bertz CT molecular complexity index is 700. The maximum Gasteiger partial charge on any atom is 0.310 e. The molecule has 1 atom stereocenters. The van der Waals surface area contributed by atoms with Crippen LogP contribution in [0.15, 0.2) is 29.3 Å². The molecule has 0 heterocycles. The molecular formula is C21H35IN4O4. The topological polar surface area (TPSA) is 101 Å². The number of hydrogen-bond donors (Lipinski definition) is 3. The molecule has 170 valence electrons. The maximum atomic E-state index is 12.1. The fraction of sp³-hybridized carbons (Fsp3) is 0.571. The molecule has 9 heteroatoms. The molecule has 1 aromatic carbocycles. The van der Waals surface area contributed by atoms with Crippen LogP contribution in [0.3, 0.4) is 0 Å². The summed E-state index contributed by atoms with van der Waals surface area (Å²) in [6, 6.07) is 7.41. The van der Waals surface area contributed by atoms with Gasteiger partial charge in [0.05, 0.1) is 19.1 Å². The number of guanidine groups is 1. The summed E-state index contributed by atoms with van der Waals surface area (Å²) in [5, 5.41) is 9.08. The molecule has 0 saturated carbocycles. The van der Waals surface area contributed by atoms with Gasteiger partial charge in [0.25, 0.3) is 0 Å². The lowest BCUT2D eigenvalue weighted by Crippen LogP contribution is -2.42. The second-order valence-electron chi connectivity index (χ2n) is 8.08. The van der Waals surface area contributed by atoms with Crippen LogP contribution in [0, 0.1) is 5.92 Å². The molecule has 0 aromatic heterocycles. The number of amides is 1. The van der Waals surface area contributed by atoms with Crippen LogP contribution in [0.4, 0.5) is 5.69 Å². The highest BCUT2D eigenvalue weighted by Crippen LogP contribution is 2.16. The van der Waals surface area contributed by atoms with E-state index < -0.39 is 0 Å². The van der Waals surface area contributed by atoms with Crippen molar-refractivity contribution in [3.05, 3.63) is 24.3 Å². The number of ether oxygens (including phenoxy) is 2. The maximum absolute atomic E-state index is 12.1. The number of halogens is 1. The lowest BCUT2D eigenvalue weighted by atomic mass is 10.1. The van der Waals surface area contributed by atoms with Gasteiger partial charge in [-0.1, -0.05) is 6.92 Å². The normalized spacial score (nSPS) is 12.5. The van der Waals surface area contributed by atoms with Gasteiger partial charge in [-0.3, -0.25) is 9.59 Å². The van der Waals surface area contributed by atoms with E-state index in [0.29, 0.717) is 12.5 Å². The average molecular weight is 534 g/mol. The smallest absolute Gasteiger partial charge is 0.310 e. The third-order valence-corrected chi connectivity index (χ3v) is 3.56. The Kier molecular flexibility index (Phi) is 12.4. The average Bonchev–Trinajstić information content (AvgIpc) is 2.62. The summed E-state index contributed by atoms with van der Waals surface area (Å²) in [5.41, 5.74) is 0.438. The van der Waals surface area contributed by atoms with E-state index in [1.54, 1.807) is 6.92 Å². The molecule has 1 amide bonds. The zero-order valence-electron chi connectivity index (χ0n) is 18.9. The largest absolute Gasteiger partial charge is 0.491 e. The third kappa shape index (κ3) is 11.8. The van der Waals surface area contributed by atoms with E-state index in [1.807, 2.05) is 58.9 Å². The molecule has 0 spiro atoms. The molecule has 3 N–H and O–H groups in total. The van der Waals surface area contributed by atoms with Crippen LogP contribution in [0.2, 0.25) is 0 Å². The van der Waals surface area contributed by atoms with E-state index in [1.165, 1.54) is 7.11 Å². The Labute approximate surface area is 196 Å². The predicted octanol–water partition coefficient (Wildman–Crippen LogP) is 3.17. The van der Waals surface area contributed by atoms with Gasteiger partial charge in [-0.05, 0) is 58.9 Å². The van der Waals surface area contributed by atoms with Crippen molar-refractivity contribution >= 4 is 47.5 Å². The molecule has 0 saturated heterocycles. The molecule has 0 bridgehead atoms. The number of carbonyl (C=O) groups excluding carboxylic acids is 2. The number of hydrogen-bond acceptors (Lipinski definition) is 5. The summed E-state index contributed by atoms with van der Waals surface area (Å²) in [4.78, 5) is 28.1. The first-order valence-electron chi connectivity index (χ1n) is 9.71. The van der Waals surface area contributed by atoms with Crippen molar-refractivity contribution in [3.8, 4) is 5.75 Å². The van der Waals surface area contributed by atoms with E-state index >= 15 is 0 Å². The molecule has 1 aromatic rings. The van der Waals surface area contributed by atoms with E-state index in [-0.39, 0.29) is 60.0 Å². The fourth-order valence-corrected chi connectivity index (χ4v) is 2.31. The highest BCUT2D eigenvalue weighted by molar-refractivity contribution is 14.0. The summed E-state index contributed by atoms with van der Waals surface area (Å²) >= 11 is 0. The molecule has 1 unspecified atom stereocenters. The zero-order chi connectivity index (χ0) is 22.0. The van der Waals surface area contributed by atoms with Gasteiger partial charge in [-0.2, -0.15) is 0 Å². The minimum atomic E-state index is -0.364. The minimum absolute atomic E-state index is 0. The van der Waals surface area contributed by atoms with Crippen LogP contribution in [0.25, 0.3) is 0 Å². The summed E-state index contributed by atoms with van der Waals surface area (Å²) in [5.74, 6) is 0.276. The van der Waals surface area contributed by atoms with E-state index in [4.69, 9.17) is 9.47 Å². The first kappa shape index (κ1) is 28.0. The summed E-state index contributed by atoms with van der Waals surface area (Å²) < 4.78 is 10.4. The number of nitrogens with zero attached hydrogens (tertiary/aromatic N) is 1. The Hall–Kier alpha value is -2.04. The molecule has 1 rings (SSSR count). The van der Waals surface area contributed by atoms with Crippen LogP contribution in [0.1, 0.15) is 41.5 Å². The molecule has 0 radical (unpaired) electrons. The second-order valence-corrected chi connectivity index (χ2v) is 8.08. The third-order valence-electron chi connectivity index (χ3n) is 3.56. The lowest BCUT2D eigenvalue weighted by Gasteiger charge is -2.20. The minimum Gasteiger partial charge on any atom is -0.491 e. The van der Waals surface area contributed by atoms with Crippen molar-refractivity contribution < 1.29 is 19.1 Å². The van der Waals surface area contributed by atoms with Gasteiger partial charge in [-0.25, -0.2) is 4.99 Å². The van der Waals surface area contributed by atoms with Crippen molar-refractivity contribution in [2.24, 2.45) is 10.9 Å². The summed E-state index contributed by atoms with van der Waals surface area (Å²) in [7, 11) is 1.35. The first-order valence-corrected chi connectivity index (χ1v) is 9.71. The fourth-order valence-electron chi connectivity index (χ4n) is 2.31. The van der Waals surface area contributed by atoms with E-state index in [0.717, 1.165) is 11.4 Å². The zero-order valence-corrected chi connectivity index (χ0v) is 21.2. The number of rotatable bonds is 8. The van der Waals surface area contributed by atoms with Crippen LogP contribution in [-0.4, -0.2) is 49.7 Å². The molecule has 8 nitrogen and oxygen atoms in total. The Morgan fingerprint density at radius 2 is 1.70 bits per heavy atom. The van der Waals surface area contributed by atoms with Gasteiger partial charge in [0.2, 0.25) is 5.91 Å². The number of carbonyl (C=O) groups is 2. The SMILES string of the molecule is COC(=O)C(C)CNC(=NCC(=O)NC(C)(C)C)Nc1ccc(OC(C)C)cc1.I. The molecular weight excluding hydrogens is 499 g/mol. The van der Waals surface area contributed by atoms with Gasteiger partial charge in [0.15, 0.2) is 5.96 Å². The number of aliphatic imine (C=N–C) groups is 1. The molecule has 0 aliphatic heterocycles. The van der Waals surface area contributed by atoms with Gasteiger partial charge in [0.1, 0.15) is 12.3 Å². The van der Waals surface area contributed by atoms with Gasteiger partial charge < -0.3 is 25.4 Å². The summed E-state index contributed by atoms with van der Waals surface area (Å²) in [6.45, 7) is 11.7. The van der Waals surface area contributed by atoms with Crippen LogP contribution in [-0.2, 0) is 14.3 Å². The Balaban J connectivity index is 0.00000841. The number of methoxy groups -OCH3 is 1. The van der Waals surface area contributed by atoms with Crippen LogP contribution < -0.4 is 20.7 Å². The number of benzene rings is 1. The quantitative estimate of drug-likeness (QED) is 0.205. The number of esters is 1. The molecule has 0 aliphatic carbocycles. The molecule has 0 aliphatic rings. The monoisotopic (exact) mass is 534 g/mol. The van der Waals surface area contributed by atoms with Crippen LogP contribution in [0.5, 0.6) is 5.75 Å². The highest BCUT2D eigenvalue weighted by atomic mass is 127. The van der Waals surface area contributed by atoms with Crippen molar-refractivity contribution in [1.82, 2.24) is 10.6 Å². The highest BCUT2D eigenvalue weighted by Gasteiger charge is 2.15. The summed E-state index contributed by atoms with van der Waals surface area (Å²) in [6.07, 6.45) is 0.0914. The van der Waals surface area contributed by atoms with Crippen molar-refractivity contribution in [1.29, 1.82) is 0 Å². The van der Waals surface area contributed by atoms with Crippen molar-refractivity contribution in [2.45, 2.75) is 53.2 Å². The number of anilines is 1. The van der Waals surface area contributed by atoms with Crippen LogP contribution >= 0.6 is 24.0 Å². The Morgan fingerprint density at radius 3 is 2.20 bits per heavy atom. The second kappa shape index (κ2) is 13.3. The Morgan fingerprint density at radius 1 is 1.10 bits per heavy atom. The molecule has 0 fully saturated rings. The van der Waals surface area contributed by atoms with Crippen molar-refractivity contribution in [3.63, 3.8) is 0 Å². The predicted molar refractivity (Wildman–Crippen MR) is 131 cm³/mol. The van der Waals surface area contributed by atoms with Crippen molar-refractivity contribution in [2.75, 3.05) is 25.5 Å². The van der Waals surface area contributed by atoms with Gasteiger partial charge in [-0.15, -0.1) is 24.0 Å². The first-order chi connectivity index (χ1) is 13.5. The van der Waals surface area contributed by atoms with Gasteiger partial charge >= 0.3 is 5.97 Å². The van der Waals surface area contributed by atoms with E-state index in [2.05, 4.69) is 20.9 Å².